The molecule has 1 heterocycles. The van der Waals surface area contributed by atoms with Gasteiger partial charge in [0.1, 0.15) is 0 Å². The molecule has 0 unspecified atom stereocenters. The van der Waals surface area contributed by atoms with E-state index in [0.717, 1.165) is 5.92 Å². The maximum Gasteiger partial charge on any atom is -0.00191 e. The van der Waals surface area contributed by atoms with Crippen molar-refractivity contribution in [1.29, 1.82) is 0 Å². The van der Waals surface area contributed by atoms with Crippen molar-refractivity contribution in [3.8, 4) is 0 Å². The molecule has 0 aromatic carbocycles. The first kappa shape index (κ1) is 14.5. The predicted octanol–water partition coefficient (Wildman–Crippen LogP) is 4.41. The number of allylic oxidation sites excluding steroid dienone is 3. The summed E-state index contributed by atoms with van der Waals surface area (Å²) in [5, 5.41) is 0. The Bertz CT molecular complexity index is 253. The molecule has 0 bridgehead atoms. The van der Waals surface area contributed by atoms with Crippen LogP contribution in [0, 0.1) is 5.92 Å². The van der Waals surface area contributed by atoms with E-state index in [0.29, 0.717) is 0 Å². The summed E-state index contributed by atoms with van der Waals surface area (Å²) in [7, 11) is 2.23. The Labute approximate surface area is 108 Å². The van der Waals surface area contributed by atoms with Gasteiger partial charge in [0.25, 0.3) is 0 Å². The highest BCUT2D eigenvalue weighted by Gasteiger charge is 2.16. The van der Waals surface area contributed by atoms with Crippen molar-refractivity contribution < 1.29 is 0 Å². The van der Waals surface area contributed by atoms with E-state index in [4.69, 9.17) is 0 Å². The van der Waals surface area contributed by atoms with Gasteiger partial charge in [-0.1, -0.05) is 23.8 Å². The Morgan fingerprint density at radius 2 is 1.88 bits per heavy atom. The summed E-state index contributed by atoms with van der Waals surface area (Å²) in [6, 6.07) is 0. The van der Waals surface area contributed by atoms with E-state index in [2.05, 4.69) is 38.5 Å². The monoisotopic (exact) mass is 235 g/mol. The lowest BCUT2D eigenvalue weighted by molar-refractivity contribution is 0.212. The standard InChI is InChI=1S/C16H29N/c1-14(2)6-5-7-15(3)8-9-16-10-12-17(4)13-11-16/h6,16H,3,5,7-13H2,1-2,4H3. The highest BCUT2D eigenvalue weighted by Crippen LogP contribution is 2.23. The predicted molar refractivity (Wildman–Crippen MR) is 77.3 cm³/mol. The van der Waals surface area contributed by atoms with Crippen molar-refractivity contribution in [2.24, 2.45) is 5.92 Å². The summed E-state index contributed by atoms with van der Waals surface area (Å²) in [6.07, 6.45) is 10.1. The van der Waals surface area contributed by atoms with Crippen LogP contribution in [0.5, 0.6) is 0 Å². The number of piperidine rings is 1. The van der Waals surface area contributed by atoms with Crippen LogP contribution in [0.2, 0.25) is 0 Å². The lowest BCUT2D eigenvalue weighted by atomic mass is 9.90. The topological polar surface area (TPSA) is 3.24 Å². The van der Waals surface area contributed by atoms with Gasteiger partial charge in [0.15, 0.2) is 0 Å². The van der Waals surface area contributed by atoms with Crippen molar-refractivity contribution in [2.45, 2.75) is 52.4 Å². The fraction of sp³-hybridized carbons (Fsp3) is 0.750. The zero-order valence-corrected chi connectivity index (χ0v) is 12.0. The SMILES string of the molecule is C=C(CCC=C(C)C)CCC1CCN(C)CC1. The van der Waals surface area contributed by atoms with Gasteiger partial charge in [-0.25, -0.2) is 0 Å². The molecule has 0 N–H and O–H groups in total. The number of rotatable bonds is 6. The molecule has 1 fully saturated rings. The fourth-order valence-electron chi connectivity index (χ4n) is 2.45. The Morgan fingerprint density at radius 3 is 2.47 bits per heavy atom. The molecule has 0 aromatic rings. The minimum absolute atomic E-state index is 0.950. The molecule has 1 nitrogen and oxygen atoms in total. The molecule has 17 heavy (non-hydrogen) atoms. The summed E-state index contributed by atoms with van der Waals surface area (Å²) in [5.74, 6) is 0.950. The molecule has 0 aliphatic carbocycles. The van der Waals surface area contributed by atoms with Crippen LogP contribution >= 0.6 is 0 Å². The highest BCUT2D eigenvalue weighted by atomic mass is 15.1. The van der Waals surface area contributed by atoms with Crippen LogP contribution in [-0.4, -0.2) is 25.0 Å². The molecule has 0 atom stereocenters. The summed E-state index contributed by atoms with van der Waals surface area (Å²) < 4.78 is 0. The molecule has 0 saturated carbocycles. The van der Waals surface area contributed by atoms with Crippen LogP contribution in [-0.2, 0) is 0 Å². The summed E-state index contributed by atoms with van der Waals surface area (Å²) >= 11 is 0. The average Bonchev–Trinajstić information content (AvgIpc) is 2.28. The summed E-state index contributed by atoms with van der Waals surface area (Å²) in [5.41, 5.74) is 2.87. The number of hydrogen-bond donors (Lipinski definition) is 0. The molecule has 1 rings (SSSR count). The van der Waals surface area contributed by atoms with Crippen molar-refractivity contribution in [3.63, 3.8) is 0 Å². The van der Waals surface area contributed by atoms with Gasteiger partial charge >= 0.3 is 0 Å². The highest BCUT2D eigenvalue weighted by molar-refractivity contribution is 5.00. The molecule has 1 saturated heterocycles. The molecule has 1 aliphatic heterocycles. The Balaban J connectivity index is 2.09. The Kier molecular flexibility index (Phi) is 6.57. The van der Waals surface area contributed by atoms with Crippen LogP contribution in [0.25, 0.3) is 0 Å². The molecule has 0 amide bonds. The van der Waals surface area contributed by atoms with Crippen LogP contribution in [0.1, 0.15) is 52.4 Å². The molecule has 0 spiro atoms. The van der Waals surface area contributed by atoms with E-state index in [1.54, 1.807) is 0 Å². The van der Waals surface area contributed by atoms with Gasteiger partial charge < -0.3 is 4.90 Å². The quantitative estimate of drug-likeness (QED) is 0.616. The first-order valence-corrected chi connectivity index (χ1v) is 7.06. The van der Waals surface area contributed by atoms with E-state index >= 15 is 0 Å². The van der Waals surface area contributed by atoms with Crippen LogP contribution in [0.3, 0.4) is 0 Å². The molecule has 0 radical (unpaired) electrons. The van der Waals surface area contributed by atoms with E-state index in [1.165, 1.54) is 62.8 Å². The van der Waals surface area contributed by atoms with Gasteiger partial charge in [0.2, 0.25) is 0 Å². The zero-order chi connectivity index (χ0) is 12.7. The van der Waals surface area contributed by atoms with Gasteiger partial charge in [-0.2, -0.15) is 0 Å². The second-order valence-corrected chi connectivity index (χ2v) is 5.86. The third-order valence-corrected chi connectivity index (χ3v) is 3.79. The van der Waals surface area contributed by atoms with Gasteiger partial charge in [0.05, 0.1) is 0 Å². The molecular formula is C16H29N. The Hall–Kier alpha value is -0.560. The number of hydrogen-bond acceptors (Lipinski definition) is 1. The molecule has 0 aromatic heterocycles. The van der Waals surface area contributed by atoms with Crippen LogP contribution in [0.15, 0.2) is 23.8 Å². The largest absolute Gasteiger partial charge is 0.306 e. The maximum atomic E-state index is 4.21. The molecule has 1 aliphatic rings. The van der Waals surface area contributed by atoms with Gasteiger partial charge in [-0.3, -0.25) is 0 Å². The number of likely N-dealkylation sites (tertiary alicyclic amines) is 1. The Morgan fingerprint density at radius 1 is 1.24 bits per heavy atom. The van der Waals surface area contributed by atoms with E-state index in [9.17, 15) is 0 Å². The number of nitrogens with zero attached hydrogens (tertiary/aromatic N) is 1. The lowest BCUT2D eigenvalue weighted by Crippen LogP contribution is -2.30. The van der Waals surface area contributed by atoms with Gasteiger partial charge in [-0.05, 0) is 78.4 Å². The van der Waals surface area contributed by atoms with Gasteiger partial charge in [-0.15, -0.1) is 0 Å². The zero-order valence-electron chi connectivity index (χ0n) is 12.0. The first-order valence-electron chi connectivity index (χ1n) is 7.06. The normalized spacial score (nSPS) is 18.1. The molecule has 98 valence electrons. The minimum Gasteiger partial charge on any atom is -0.306 e. The fourth-order valence-corrected chi connectivity index (χ4v) is 2.45. The second kappa shape index (κ2) is 7.71. The van der Waals surface area contributed by atoms with E-state index in [-0.39, 0.29) is 0 Å². The average molecular weight is 235 g/mol. The second-order valence-electron chi connectivity index (χ2n) is 5.86. The van der Waals surface area contributed by atoms with Crippen molar-refractivity contribution in [2.75, 3.05) is 20.1 Å². The van der Waals surface area contributed by atoms with E-state index in [1.807, 2.05) is 0 Å². The summed E-state index contributed by atoms with van der Waals surface area (Å²) in [4.78, 5) is 2.44. The third-order valence-electron chi connectivity index (χ3n) is 3.79. The molecular weight excluding hydrogens is 206 g/mol. The lowest BCUT2D eigenvalue weighted by Gasteiger charge is -2.29. The maximum absolute atomic E-state index is 4.21. The van der Waals surface area contributed by atoms with E-state index < -0.39 is 0 Å². The van der Waals surface area contributed by atoms with Crippen molar-refractivity contribution >= 4 is 0 Å². The van der Waals surface area contributed by atoms with Gasteiger partial charge in [0, 0.05) is 0 Å². The first-order chi connectivity index (χ1) is 8.08. The van der Waals surface area contributed by atoms with Crippen molar-refractivity contribution in [1.82, 2.24) is 4.90 Å². The molecule has 1 heteroatoms. The smallest absolute Gasteiger partial charge is 0.00191 e. The third kappa shape index (κ3) is 6.68. The summed E-state index contributed by atoms with van der Waals surface area (Å²) in [6.45, 7) is 11.1. The van der Waals surface area contributed by atoms with Crippen LogP contribution < -0.4 is 0 Å². The van der Waals surface area contributed by atoms with Crippen molar-refractivity contribution in [3.05, 3.63) is 23.8 Å². The minimum atomic E-state index is 0.950. The van der Waals surface area contributed by atoms with Crippen LogP contribution in [0.4, 0.5) is 0 Å².